The summed E-state index contributed by atoms with van der Waals surface area (Å²) < 4.78 is 0. The van der Waals surface area contributed by atoms with E-state index in [-0.39, 0.29) is 0 Å². The molecule has 0 saturated carbocycles. The Hall–Kier alpha value is -1.22. The smallest absolute Gasteiger partial charge is 0.222 e. The van der Waals surface area contributed by atoms with E-state index in [0.29, 0.717) is 12.3 Å². The topological polar surface area (TPSA) is 23.6 Å². The molecule has 1 heterocycles. The van der Waals surface area contributed by atoms with Crippen LogP contribution in [0.2, 0.25) is 5.02 Å². The van der Waals surface area contributed by atoms with Crippen LogP contribution in [0.15, 0.2) is 24.3 Å². The van der Waals surface area contributed by atoms with Gasteiger partial charge in [-0.1, -0.05) is 50.6 Å². The van der Waals surface area contributed by atoms with Crippen molar-refractivity contribution < 1.29 is 4.79 Å². The first-order valence-electron chi connectivity index (χ1n) is 8.99. The largest absolute Gasteiger partial charge is 0.368 e. The van der Waals surface area contributed by atoms with Crippen LogP contribution >= 0.6 is 11.6 Å². The number of halogens is 1. The Labute approximate surface area is 145 Å². The number of anilines is 1. The SMILES string of the molecule is CCCCCCCCC(=O)N1CCN(c2ccc(Cl)cc2)CC1. The summed E-state index contributed by atoms with van der Waals surface area (Å²) in [7, 11) is 0. The lowest BCUT2D eigenvalue weighted by atomic mass is 10.1. The van der Waals surface area contributed by atoms with Crippen LogP contribution in [-0.2, 0) is 4.79 Å². The molecule has 1 aromatic rings. The van der Waals surface area contributed by atoms with Crippen molar-refractivity contribution in [1.29, 1.82) is 0 Å². The van der Waals surface area contributed by atoms with Crippen LogP contribution in [0.1, 0.15) is 51.9 Å². The first-order chi connectivity index (χ1) is 11.2. The molecule has 128 valence electrons. The molecule has 0 bridgehead atoms. The lowest BCUT2D eigenvalue weighted by Crippen LogP contribution is -2.48. The minimum absolute atomic E-state index is 0.330. The van der Waals surface area contributed by atoms with Crippen molar-refractivity contribution in [2.24, 2.45) is 0 Å². The standard InChI is InChI=1S/C19H29ClN2O/c1-2-3-4-5-6-7-8-19(23)22-15-13-21(14-16-22)18-11-9-17(20)10-12-18/h9-12H,2-8,13-16H2,1H3. The third-order valence-electron chi connectivity index (χ3n) is 4.57. The fourth-order valence-electron chi connectivity index (χ4n) is 3.08. The van der Waals surface area contributed by atoms with Gasteiger partial charge in [0.2, 0.25) is 5.91 Å². The summed E-state index contributed by atoms with van der Waals surface area (Å²) in [5, 5.41) is 0.765. The average molecular weight is 337 g/mol. The molecule has 1 fully saturated rings. The van der Waals surface area contributed by atoms with Crippen LogP contribution < -0.4 is 4.90 Å². The van der Waals surface area contributed by atoms with E-state index in [1.807, 2.05) is 17.0 Å². The second-order valence-electron chi connectivity index (χ2n) is 6.36. The molecule has 0 aromatic heterocycles. The highest BCUT2D eigenvalue weighted by Gasteiger charge is 2.20. The summed E-state index contributed by atoms with van der Waals surface area (Å²) >= 11 is 5.93. The molecule has 0 N–H and O–H groups in total. The number of benzene rings is 1. The highest BCUT2D eigenvalue weighted by Crippen LogP contribution is 2.20. The van der Waals surface area contributed by atoms with Crippen molar-refractivity contribution in [3.63, 3.8) is 0 Å². The summed E-state index contributed by atoms with van der Waals surface area (Å²) in [6.07, 6.45) is 8.12. The predicted molar refractivity (Wildman–Crippen MR) is 98.2 cm³/mol. The van der Waals surface area contributed by atoms with Crippen molar-refractivity contribution in [3.05, 3.63) is 29.3 Å². The van der Waals surface area contributed by atoms with Gasteiger partial charge in [0.1, 0.15) is 0 Å². The average Bonchev–Trinajstić information content (AvgIpc) is 2.58. The number of carbonyl (C=O) groups is 1. The molecule has 1 saturated heterocycles. The van der Waals surface area contributed by atoms with Gasteiger partial charge in [0.15, 0.2) is 0 Å². The first kappa shape index (κ1) is 18.1. The summed E-state index contributed by atoms with van der Waals surface area (Å²) in [5.41, 5.74) is 1.19. The first-order valence-corrected chi connectivity index (χ1v) is 9.37. The summed E-state index contributed by atoms with van der Waals surface area (Å²) in [6.45, 7) is 5.70. The molecular weight excluding hydrogens is 308 g/mol. The zero-order valence-corrected chi connectivity index (χ0v) is 15.0. The zero-order valence-electron chi connectivity index (χ0n) is 14.3. The highest BCUT2D eigenvalue weighted by atomic mass is 35.5. The molecule has 3 nitrogen and oxygen atoms in total. The molecule has 1 aromatic carbocycles. The number of rotatable bonds is 8. The van der Waals surface area contributed by atoms with E-state index in [9.17, 15) is 4.79 Å². The van der Waals surface area contributed by atoms with Crippen molar-refractivity contribution in [1.82, 2.24) is 4.90 Å². The van der Waals surface area contributed by atoms with Crippen molar-refractivity contribution >= 4 is 23.2 Å². The number of piperazine rings is 1. The van der Waals surface area contributed by atoms with E-state index >= 15 is 0 Å². The van der Waals surface area contributed by atoms with E-state index in [4.69, 9.17) is 11.6 Å². The number of carbonyl (C=O) groups excluding carboxylic acids is 1. The van der Waals surface area contributed by atoms with E-state index in [1.165, 1.54) is 37.8 Å². The second-order valence-corrected chi connectivity index (χ2v) is 6.80. The molecule has 0 radical (unpaired) electrons. The van der Waals surface area contributed by atoms with Crippen molar-refractivity contribution in [3.8, 4) is 0 Å². The molecule has 1 aliphatic rings. The van der Waals surface area contributed by atoms with E-state index < -0.39 is 0 Å². The number of hydrogen-bond donors (Lipinski definition) is 0. The number of amides is 1. The van der Waals surface area contributed by atoms with E-state index in [1.54, 1.807) is 0 Å². The maximum absolute atomic E-state index is 12.3. The minimum atomic E-state index is 0.330. The molecule has 0 spiro atoms. The Balaban J connectivity index is 1.65. The van der Waals surface area contributed by atoms with Crippen LogP contribution in [0.4, 0.5) is 5.69 Å². The number of hydrogen-bond acceptors (Lipinski definition) is 2. The maximum Gasteiger partial charge on any atom is 0.222 e. The zero-order chi connectivity index (χ0) is 16.5. The molecular formula is C19H29ClN2O. The lowest BCUT2D eigenvalue weighted by Gasteiger charge is -2.36. The van der Waals surface area contributed by atoms with Gasteiger partial charge in [-0.05, 0) is 30.7 Å². The molecule has 1 amide bonds. The van der Waals surface area contributed by atoms with Gasteiger partial charge in [0.25, 0.3) is 0 Å². The highest BCUT2D eigenvalue weighted by molar-refractivity contribution is 6.30. The monoisotopic (exact) mass is 336 g/mol. The van der Waals surface area contributed by atoms with E-state index in [2.05, 4.69) is 24.0 Å². The van der Waals surface area contributed by atoms with Crippen LogP contribution in [0, 0.1) is 0 Å². The molecule has 23 heavy (non-hydrogen) atoms. The summed E-state index contributed by atoms with van der Waals surface area (Å²) in [4.78, 5) is 16.6. The molecule has 4 heteroatoms. The van der Waals surface area contributed by atoms with Gasteiger partial charge in [-0.15, -0.1) is 0 Å². The van der Waals surface area contributed by atoms with Gasteiger partial charge in [-0.2, -0.15) is 0 Å². The van der Waals surface area contributed by atoms with Crippen LogP contribution in [0.25, 0.3) is 0 Å². The minimum Gasteiger partial charge on any atom is -0.368 e. The number of unbranched alkanes of at least 4 members (excludes halogenated alkanes) is 5. The fraction of sp³-hybridized carbons (Fsp3) is 0.632. The van der Waals surface area contributed by atoms with Gasteiger partial charge in [0.05, 0.1) is 0 Å². The van der Waals surface area contributed by atoms with Crippen molar-refractivity contribution in [2.75, 3.05) is 31.1 Å². The van der Waals surface area contributed by atoms with Gasteiger partial charge >= 0.3 is 0 Å². The van der Waals surface area contributed by atoms with Crippen molar-refractivity contribution in [2.45, 2.75) is 51.9 Å². The van der Waals surface area contributed by atoms with Crippen LogP contribution in [0.5, 0.6) is 0 Å². The van der Waals surface area contributed by atoms with Crippen LogP contribution in [-0.4, -0.2) is 37.0 Å². The molecule has 0 unspecified atom stereocenters. The Morgan fingerprint density at radius 2 is 1.57 bits per heavy atom. The Bertz CT molecular complexity index is 467. The predicted octanol–water partition coefficient (Wildman–Crippen LogP) is 4.74. The van der Waals surface area contributed by atoms with Crippen LogP contribution in [0.3, 0.4) is 0 Å². The normalized spacial score (nSPS) is 15.0. The van der Waals surface area contributed by atoms with Gasteiger partial charge in [-0.3, -0.25) is 4.79 Å². The molecule has 0 aliphatic carbocycles. The second kappa shape index (κ2) is 9.82. The summed E-state index contributed by atoms with van der Waals surface area (Å²) in [5.74, 6) is 0.330. The Kier molecular flexibility index (Phi) is 7.73. The molecule has 2 rings (SSSR count). The lowest BCUT2D eigenvalue weighted by molar-refractivity contribution is -0.131. The van der Waals surface area contributed by atoms with Gasteiger partial charge < -0.3 is 9.80 Å². The molecule has 0 atom stereocenters. The third kappa shape index (κ3) is 6.06. The number of nitrogens with zero attached hydrogens (tertiary/aromatic N) is 2. The third-order valence-corrected chi connectivity index (χ3v) is 4.82. The Morgan fingerprint density at radius 1 is 0.957 bits per heavy atom. The Morgan fingerprint density at radius 3 is 2.22 bits per heavy atom. The summed E-state index contributed by atoms with van der Waals surface area (Å²) in [6, 6.07) is 7.95. The van der Waals surface area contributed by atoms with E-state index in [0.717, 1.165) is 37.6 Å². The van der Waals surface area contributed by atoms with Gasteiger partial charge in [-0.25, -0.2) is 0 Å². The molecule has 1 aliphatic heterocycles. The van der Waals surface area contributed by atoms with Gasteiger partial charge in [0, 0.05) is 43.3 Å². The maximum atomic E-state index is 12.3. The fourth-order valence-corrected chi connectivity index (χ4v) is 3.21. The quantitative estimate of drug-likeness (QED) is 0.640.